The topological polar surface area (TPSA) is 73.6 Å². The third-order valence-corrected chi connectivity index (χ3v) is 4.52. The lowest BCUT2D eigenvalue weighted by Crippen LogP contribution is -2.14. The predicted molar refractivity (Wildman–Crippen MR) is 101 cm³/mol. The van der Waals surface area contributed by atoms with Gasteiger partial charge in [-0.25, -0.2) is 4.98 Å². The highest BCUT2D eigenvalue weighted by Gasteiger charge is 2.16. The zero-order valence-electron chi connectivity index (χ0n) is 14.0. The second-order valence-corrected chi connectivity index (χ2v) is 6.40. The molecule has 0 atom stereocenters. The van der Waals surface area contributed by atoms with Crippen LogP contribution >= 0.6 is 22.9 Å². The Balaban J connectivity index is 1.72. The van der Waals surface area contributed by atoms with Gasteiger partial charge in [0.2, 0.25) is 0 Å². The molecule has 136 valence electrons. The molecule has 8 heteroatoms. The van der Waals surface area contributed by atoms with E-state index in [4.69, 9.17) is 25.5 Å². The Bertz CT molecular complexity index is 864. The lowest BCUT2D eigenvalue weighted by molar-refractivity contribution is 0.102. The minimum Gasteiger partial charge on any atom is -0.487 e. The molecule has 2 heterocycles. The van der Waals surface area contributed by atoms with E-state index in [0.29, 0.717) is 52.7 Å². The van der Waals surface area contributed by atoms with Gasteiger partial charge in [0.15, 0.2) is 16.5 Å². The summed E-state index contributed by atoms with van der Waals surface area (Å²) in [6, 6.07) is 8.73. The van der Waals surface area contributed by atoms with E-state index in [1.54, 1.807) is 42.0 Å². The summed E-state index contributed by atoms with van der Waals surface area (Å²) < 4.78 is 16.2. The van der Waals surface area contributed by atoms with E-state index in [1.807, 2.05) is 6.92 Å². The minimum absolute atomic E-state index is 0.293. The summed E-state index contributed by atoms with van der Waals surface area (Å²) in [4.78, 5) is 16.8. The van der Waals surface area contributed by atoms with Gasteiger partial charge in [-0.1, -0.05) is 17.7 Å². The number of ether oxygens (including phenoxy) is 2. The standard InChI is InChI=1S/C18H17ClN2O4S/c1-2-23-9-10-25-16-12(19)5-3-6-13(16)20-17(22)14-11-26-18(21-14)15-7-4-8-24-15/h3-8,11H,2,9-10H2,1H3,(H,20,22). The molecule has 0 bridgehead atoms. The number of halogens is 1. The SMILES string of the molecule is CCOCCOc1c(Cl)cccc1NC(=O)c1csc(-c2ccco2)n1. The van der Waals surface area contributed by atoms with E-state index < -0.39 is 0 Å². The number of aromatic nitrogens is 1. The molecule has 26 heavy (non-hydrogen) atoms. The van der Waals surface area contributed by atoms with Crippen LogP contribution in [0.3, 0.4) is 0 Å². The maximum Gasteiger partial charge on any atom is 0.275 e. The number of hydrogen-bond donors (Lipinski definition) is 1. The van der Waals surface area contributed by atoms with Crippen LogP contribution in [0.4, 0.5) is 5.69 Å². The van der Waals surface area contributed by atoms with Crippen molar-refractivity contribution in [2.45, 2.75) is 6.92 Å². The fourth-order valence-electron chi connectivity index (χ4n) is 2.18. The average Bonchev–Trinajstić information content (AvgIpc) is 3.31. The largest absolute Gasteiger partial charge is 0.487 e. The first-order valence-electron chi connectivity index (χ1n) is 7.99. The molecule has 0 saturated heterocycles. The van der Waals surface area contributed by atoms with Crippen molar-refractivity contribution < 1.29 is 18.7 Å². The summed E-state index contributed by atoms with van der Waals surface area (Å²) in [5, 5.41) is 5.51. The van der Waals surface area contributed by atoms with Crippen LogP contribution in [0.15, 0.2) is 46.4 Å². The lowest BCUT2D eigenvalue weighted by atomic mass is 10.2. The van der Waals surface area contributed by atoms with Gasteiger partial charge in [-0.2, -0.15) is 0 Å². The molecule has 6 nitrogen and oxygen atoms in total. The molecule has 0 saturated carbocycles. The van der Waals surface area contributed by atoms with Crippen LogP contribution in [0.1, 0.15) is 17.4 Å². The van der Waals surface area contributed by atoms with Crippen molar-refractivity contribution >= 4 is 34.5 Å². The van der Waals surface area contributed by atoms with Crippen molar-refractivity contribution in [3.05, 3.63) is 52.7 Å². The van der Waals surface area contributed by atoms with Crippen LogP contribution in [-0.4, -0.2) is 30.7 Å². The molecule has 0 radical (unpaired) electrons. The summed E-state index contributed by atoms with van der Waals surface area (Å²) in [6.07, 6.45) is 1.56. The summed E-state index contributed by atoms with van der Waals surface area (Å²) in [5.41, 5.74) is 0.771. The normalized spacial score (nSPS) is 10.7. The number of furan rings is 1. The molecular weight excluding hydrogens is 376 g/mol. The highest BCUT2D eigenvalue weighted by atomic mass is 35.5. The van der Waals surface area contributed by atoms with Gasteiger partial charge >= 0.3 is 0 Å². The quantitative estimate of drug-likeness (QED) is 0.561. The third-order valence-electron chi connectivity index (χ3n) is 3.36. The Hall–Kier alpha value is -2.35. The average molecular weight is 393 g/mol. The maximum atomic E-state index is 12.5. The van der Waals surface area contributed by atoms with Crippen molar-refractivity contribution in [2.24, 2.45) is 0 Å². The fourth-order valence-corrected chi connectivity index (χ4v) is 3.17. The van der Waals surface area contributed by atoms with Gasteiger partial charge in [0.05, 0.1) is 23.6 Å². The van der Waals surface area contributed by atoms with Crippen LogP contribution < -0.4 is 10.1 Å². The molecule has 3 rings (SSSR count). The summed E-state index contributed by atoms with van der Waals surface area (Å²) in [7, 11) is 0. The molecular formula is C18H17ClN2O4S. The molecule has 0 unspecified atom stereocenters. The first-order valence-corrected chi connectivity index (χ1v) is 9.24. The van der Waals surface area contributed by atoms with Crippen LogP contribution in [-0.2, 0) is 4.74 Å². The van der Waals surface area contributed by atoms with E-state index in [9.17, 15) is 4.79 Å². The highest BCUT2D eigenvalue weighted by Crippen LogP contribution is 2.33. The number of thiazole rings is 1. The highest BCUT2D eigenvalue weighted by molar-refractivity contribution is 7.13. The van der Waals surface area contributed by atoms with Crippen LogP contribution in [0.5, 0.6) is 5.75 Å². The number of nitrogens with one attached hydrogen (secondary N) is 1. The van der Waals surface area contributed by atoms with Crippen molar-refractivity contribution in [1.29, 1.82) is 0 Å². The molecule has 0 aliphatic carbocycles. The van der Waals surface area contributed by atoms with E-state index >= 15 is 0 Å². The van der Waals surface area contributed by atoms with Crippen LogP contribution in [0.25, 0.3) is 10.8 Å². The Kier molecular flexibility index (Phi) is 6.27. The number of benzene rings is 1. The zero-order valence-corrected chi connectivity index (χ0v) is 15.6. The van der Waals surface area contributed by atoms with E-state index in [2.05, 4.69) is 10.3 Å². The second kappa shape index (κ2) is 8.84. The Labute approximate surface area is 159 Å². The van der Waals surface area contributed by atoms with Gasteiger partial charge in [-0.3, -0.25) is 4.79 Å². The fraction of sp³-hybridized carbons (Fsp3) is 0.222. The second-order valence-electron chi connectivity index (χ2n) is 5.13. The summed E-state index contributed by atoms with van der Waals surface area (Å²) >= 11 is 7.53. The smallest absolute Gasteiger partial charge is 0.275 e. The summed E-state index contributed by atoms with van der Waals surface area (Å²) in [6.45, 7) is 3.29. The van der Waals surface area contributed by atoms with E-state index in [-0.39, 0.29) is 5.91 Å². The zero-order chi connectivity index (χ0) is 18.4. The number of anilines is 1. The van der Waals surface area contributed by atoms with Crippen molar-refractivity contribution in [3.63, 3.8) is 0 Å². The van der Waals surface area contributed by atoms with Crippen molar-refractivity contribution in [3.8, 4) is 16.5 Å². The van der Waals surface area contributed by atoms with Crippen molar-refractivity contribution in [2.75, 3.05) is 25.1 Å². The Morgan fingerprint density at radius 2 is 2.19 bits per heavy atom. The van der Waals surface area contributed by atoms with Crippen LogP contribution in [0, 0.1) is 0 Å². The first kappa shape index (κ1) is 18.4. The number of carbonyl (C=O) groups excluding carboxylic acids is 1. The number of nitrogens with zero attached hydrogens (tertiary/aromatic N) is 1. The van der Waals surface area contributed by atoms with Gasteiger partial charge in [-0.15, -0.1) is 11.3 Å². The lowest BCUT2D eigenvalue weighted by Gasteiger charge is -2.13. The number of carbonyl (C=O) groups is 1. The maximum absolute atomic E-state index is 12.5. The number of hydrogen-bond acceptors (Lipinski definition) is 6. The molecule has 1 amide bonds. The molecule has 0 spiro atoms. The first-order chi connectivity index (χ1) is 12.7. The minimum atomic E-state index is -0.351. The van der Waals surface area contributed by atoms with E-state index in [0.717, 1.165) is 0 Å². The Morgan fingerprint density at radius 3 is 2.96 bits per heavy atom. The van der Waals surface area contributed by atoms with Crippen LogP contribution in [0.2, 0.25) is 5.02 Å². The summed E-state index contributed by atoms with van der Waals surface area (Å²) in [5.74, 6) is 0.677. The molecule has 0 aliphatic rings. The van der Waals surface area contributed by atoms with E-state index in [1.165, 1.54) is 11.3 Å². The molecule has 0 aliphatic heterocycles. The number of amides is 1. The van der Waals surface area contributed by atoms with Crippen molar-refractivity contribution in [1.82, 2.24) is 4.98 Å². The third kappa shape index (κ3) is 4.43. The van der Waals surface area contributed by atoms with Gasteiger partial charge in [-0.05, 0) is 31.2 Å². The van der Waals surface area contributed by atoms with Gasteiger partial charge < -0.3 is 19.2 Å². The number of para-hydroxylation sites is 1. The molecule has 1 aromatic carbocycles. The Morgan fingerprint density at radius 1 is 1.31 bits per heavy atom. The molecule has 1 N–H and O–H groups in total. The number of rotatable bonds is 8. The van der Waals surface area contributed by atoms with Gasteiger partial charge in [0.1, 0.15) is 12.3 Å². The molecule has 3 aromatic rings. The monoisotopic (exact) mass is 392 g/mol. The molecule has 2 aromatic heterocycles. The van der Waals surface area contributed by atoms with Gasteiger partial charge in [0, 0.05) is 12.0 Å². The van der Waals surface area contributed by atoms with Gasteiger partial charge in [0.25, 0.3) is 5.91 Å². The molecule has 0 fully saturated rings. The predicted octanol–water partition coefficient (Wildman–Crippen LogP) is 4.72.